The Bertz CT molecular complexity index is 610. The van der Waals surface area contributed by atoms with Crippen molar-refractivity contribution < 1.29 is 27.9 Å². The summed E-state index contributed by atoms with van der Waals surface area (Å²) in [6.45, 7) is 0. The lowest BCUT2D eigenvalue weighted by Crippen LogP contribution is -1.96. The maximum atomic E-state index is 13.1. The molecule has 0 bridgehead atoms. The normalized spacial score (nSPS) is 10.7. The van der Waals surface area contributed by atoms with Crippen LogP contribution in [0.4, 0.5) is 8.78 Å². The molecule has 2 rings (SSSR count). The summed E-state index contributed by atoms with van der Waals surface area (Å²) in [5.74, 6) is -1.34. The Morgan fingerprint density at radius 1 is 1.47 bits per heavy atom. The Morgan fingerprint density at radius 2 is 2.21 bits per heavy atom. The smallest absolute Gasteiger partial charge is 0.358 e. The molecule has 5 nitrogen and oxygen atoms in total. The molecule has 0 saturated carbocycles. The van der Waals surface area contributed by atoms with Gasteiger partial charge in [-0.05, 0) is 6.07 Å². The first-order valence-corrected chi connectivity index (χ1v) is 5.20. The number of aromatic carboxylic acids is 1. The van der Waals surface area contributed by atoms with Gasteiger partial charge in [-0.3, -0.25) is 0 Å². The van der Waals surface area contributed by atoms with E-state index >= 15 is 0 Å². The molecule has 1 heterocycles. The quantitative estimate of drug-likeness (QED) is 0.923. The predicted octanol–water partition coefficient (Wildman–Crippen LogP) is 2.99. The standard InChI is InChI=1S/C12H9F2NO4/c1-18-8-4-2-3-6(10(8)11(13)14)9-5-7(12(16)17)15-19-9/h2-5,11H,1H3,(H,16,17). The fourth-order valence-corrected chi connectivity index (χ4v) is 1.66. The second-order valence-corrected chi connectivity index (χ2v) is 3.60. The summed E-state index contributed by atoms with van der Waals surface area (Å²) >= 11 is 0. The molecule has 1 aromatic carbocycles. The van der Waals surface area contributed by atoms with Crippen LogP contribution < -0.4 is 4.74 Å². The predicted molar refractivity (Wildman–Crippen MR) is 60.4 cm³/mol. The van der Waals surface area contributed by atoms with E-state index in [1.807, 2.05) is 0 Å². The highest BCUT2D eigenvalue weighted by atomic mass is 19.3. The molecule has 0 spiro atoms. The van der Waals surface area contributed by atoms with Crippen molar-refractivity contribution in [1.29, 1.82) is 0 Å². The van der Waals surface area contributed by atoms with E-state index in [1.165, 1.54) is 25.3 Å². The van der Waals surface area contributed by atoms with Gasteiger partial charge < -0.3 is 14.4 Å². The summed E-state index contributed by atoms with van der Waals surface area (Å²) in [6.07, 6.45) is -2.79. The van der Waals surface area contributed by atoms with E-state index in [2.05, 4.69) is 5.16 Å². The number of carboxylic acid groups (broad SMARTS) is 1. The fraction of sp³-hybridized carbons (Fsp3) is 0.167. The van der Waals surface area contributed by atoms with E-state index < -0.39 is 12.4 Å². The average Bonchev–Trinajstić information content (AvgIpc) is 2.87. The number of halogens is 2. The van der Waals surface area contributed by atoms with Crippen LogP contribution in [0.5, 0.6) is 5.75 Å². The number of benzene rings is 1. The van der Waals surface area contributed by atoms with Gasteiger partial charge in [0.15, 0.2) is 11.5 Å². The maximum Gasteiger partial charge on any atom is 0.358 e. The summed E-state index contributed by atoms with van der Waals surface area (Å²) in [5, 5.41) is 12.0. The van der Waals surface area contributed by atoms with Crippen LogP contribution in [0.15, 0.2) is 28.8 Å². The highest BCUT2D eigenvalue weighted by molar-refractivity contribution is 5.86. The Morgan fingerprint density at radius 3 is 2.74 bits per heavy atom. The zero-order valence-electron chi connectivity index (χ0n) is 9.76. The minimum absolute atomic E-state index is 0.000718. The Balaban J connectivity index is 2.57. The van der Waals surface area contributed by atoms with Crippen LogP contribution in [-0.2, 0) is 0 Å². The maximum absolute atomic E-state index is 13.1. The van der Waals surface area contributed by atoms with E-state index in [9.17, 15) is 13.6 Å². The molecule has 0 unspecified atom stereocenters. The first-order chi connectivity index (χ1) is 9.04. The van der Waals surface area contributed by atoms with Crippen LogP contribution in [0, 0.1) is 0 Å². The van der Waals surface area contributed by atoms with Gasteiger partial charge in [-0.15, -0.1) is 0 Å². The van der Waals surface area contributed by atoms with E-state index in [1.54, 1.807) is 0 Å². The molecule has 0 aliphatic rings. The van der Waals surface area contributed by atoms with Crippen LogP contribution in [0.25, 0.3) is 11.3 Å². The second kappa shape index (κ2) is 5.05. The third-order valence-corrected chi connectivity index (χ3v) is 2.50. The number of carboxylic acids is 1. The van der Waals surface area contributed by atoms with Gasteiger partial charge in [0.1, 0.15) is 5.75 Å². The highest BCUT2D eigenvalue weighted by Gasteiger charge is 2.23. The summed E-state index contributed by atoms with van der Waals surface area (Å²) in [5.41, 5.74) is -0.662. The third-order valence-electron chi connectivity index (χ3n) is 2.50. The molecular weight excluding hydrogens is 260 g/mol. The van der Waals surface area contributed by atoms with Crippen LogP contribution in [0.2, 0.25) is 0 Å². The lowest BCUT2D eigenvalue weighted by molar-refractivity contribution is 0.0685. The molecule has 1 N–H and O–H groups in total. The Kier molecular flexibility index (Phi) is 3.46. The molecule has 0 fully saturated rings. The summed E-state index contributed by atoms with van der Waals surface area (Å²) in [4.78, 5) is 10.7. The number of methoxy groups -OCH3 is 1. The molecular formula is C12H9F2NO4. The number of aromatic nitrogens is 1. The van der Waals surface area contributed by atoms with Crippen LogP contribution in [0.1, 0.15) is 22.5 Å². The second-order valence-electron chi connectivity index (χ2n) is 3.60. The molecule has 0 radical (unpaired) electrons. The van der Waals surface area contributed by atoms with Crippen molar-refractivity contribution in [3.63, 3.8) is 0 Å². The van der Waals surface area contributed by atoms with Gasteiger partial charge in [-0.2, -0.15) is 0 Å². The van der Waals surface area contributed by atoms with Crippen molar-refractivity contribution in [2.75, 3.05) is 7.11 Å². The van der Waals surface area contributed by atoms with Gasteiger partial charge in [0.05, 0.1) is 12.7 Å². The molecule has 0 amide bonds. The minimum atomic E-state index is -2.79. The Labute approximate surface area is 106 Å². The molecule has 7 heteroatoms. The zero-order chi connectivity index (χ0) is 14.0. The zero-order valence-corrected chi connectivity index (χ0v) is 9.76. The number of ether oxygens (including phenoxy) is 1. The van der Waals surface area contributed by atoms with Crippen molar-refractivity contribution in [1.82, 2.24) is 5.16 Å². The van der Waals surface area contributed by atoms with Gasteiger partial charge in [0, 0.05) is 11.6 Å². The highest BCUT2D eigenvalue weighted by Crippen LogP contribution is 2.37. The van der Waals surface area contributed by atoms with E-state index in [-0.39, 0.29) is 28.3 Å². The SMILES string of the molecule is COc1cccc(-c2cc(C(=O)O)no2)c1C(F)F. The number of hydrogen-bond donors (Lipinski definition) is 1. The van der Waals surface area contributed by atoms with Gasteiger partial charge in [0.2, 0.25) is 0 Å². The summed E-state index contributed by atoms with van der Waals surface area (Å²) < 4.78 is 35.8. The Hall–Kier alpha value is -2.44. The van der Waals surface area contributed by atoms with Gasteiger partial charge >= 0.3 is 5.97 Å². The first-order valence-electron chi connectivity index (χ1n) is 5.20. The van der Waals surface area contributed by atoms with E-state index in [0.29, 0.717) is 0 Å². The van der Waals surface area contributed by atoms with Gasteiger partial charge in [-0.25, -0.2) is 13.6 Å². The van der Waals surface area contributed by atoms with Crippen molar-refractivity contribution in [3.05, 3.63) is 35.5 Å². The number of rotatable bonds is 4. The number of alkyl halides is 2. The monoisotopic (exact) mass is 269 g/mol. The number of nitrogens with zero attached hydrogens (tertiary/aromatic N) is 1. The molecule has 0 atom stereocenters. The molecule has 100 valence electrons. The number of carbonyl (C=O) groups is 1. The topological polar surface area (TPSA) is 72.6 Å². The van der Waals surface area contributed by atoms with Crippen LogP contribution in [-0.4, -0.2) is 23.3 Å². The average molecular weight is 269 g/mol. The molecule has 0 saturated heterocycles. The summed E-state index contributed by atoms with van der Waals surface area (Å²) in [7, 11) is 1.27. The van der Waals surface area contributed by atoms with Crippen LogP contribution >= 0.6 is 0 Å². The minimum Gasteiger partial charge on any atom is -0.496 e. The number of hydrogen-bond acceptors (Lipinski definition) is 4. The van der Waals surface area contributed by atoms with Crippen molar-refractivity contribution in [2.24, 2.45) is 0 Å². The van der Waals surface area contributed by atoms with E-state index in [4.69, 9.17) is 14.4 Å². The largest absolute Gasteiger partial charge is 0.496 e. The summed E-state index contributed by atoms with van der Waals surface area (Å²) in [6, 6.07) is 5.36. The molecule has 19 heavy (non-hydrogen) atoms. The van der Waals surface area contributed by atoms with Crippen molar-refractivity contribution in [2.45, 2.75) is 6.43 Å². The molecule has 2 aromatic rings. The van der Waals surface area contributed by atoms with Crippen LogP contribution in [0.3, 0.4) is 0 Å². The molecule has 0 aliphatic heterocycles. The molecule has 1 aromatic heterocycles. The van der Waals surface area contributed by atoms with Gasteiger partial charge in [-0.1, -0.05) is 17.3 Å². The third kappa shape index (κ3) is 2.40. The van der Waals surface area contributed by atoms with Crippen molar-refractivity contribution >= 4 is 5.97 Å². The molecule has 0 aliphatic carbocycles. The van der Waals surface area contributed by atoms with Crippen molar-refractivity contribution in [3.8, 4) is 17.1 Å². The van der Waals surface area contributed by atoms with Gasteiger partial charge in [0.25, 0.3) is 6.43 Å². The van der Waals surface area contributed by atoms with E-state index in [0.717, 1.165) is 6.07 Å². The first kappa shape index (κ1) is 13.0. The lowest BCUT2D eigenvalue weighted by Gasteiger charge is -2.10. The fourth-order valence-electron chi connectivity index (χ4n) is 1.66. The lowest BCUT2D eigenvalue weighted by atomic mass is 10.0.